The topological polar surface area (TPSA) is 43.8 Å². The van der Waals surface area contributed by atoms with Gasteiger partial charge < -0.3 is 10.0 Å². The molecular weight excluding hydrogens is 228 g/mol. The molecule has 1 saturated heterocycles. The van der Waals surface area contributed by atoms with E-state index in [9.17, 15) is 4.79 Å². The first-order chi connectivity index (χ1) is 8.56. The minimum Gasteiger partial charge on any atom is -0.478 e. The maximum atomic E-state index is 10.8. The number of likely N-dealkylation sites (tertiary alicyclic amines) is 1. The Morgan fingerprint density at radius 2 is 2.11 bits per heavy atom. The molecule has 0 radical (unpaired) electrons. The van der Waals surface area contributed by atoms with Crippen molar-refractivity contribution >= 4 is 5.97 Å². The quantitative estimate of drug-likeness (QED) is 0.877. The maximum Gasteiger partial charge on any atom is 0.335 e. The van der Waals surface area contributed by atoms with Crippen molar-refractivity contribution in [1.29, 1.82) is 0 Å². The number of benzene rings is 1. The van der Waals surface area contributed by atoms with Crippen LogP contribution in [0.3, 0.4) is 0 Å². The van der Waals surface area contributed by atoms with Gasteiger partial charge in [-0.3, -0.25) is 4.90 Å². The van der Waals surface area contributed by atoms with E-state index in [0.29, 0.717) is 11.6 Å². The number of aromatic carboxylic acids is 1. The van der Waals surface area contributed by atoms with E-state index in [1.165, 1.54) is 6.42 Å². The summed E-state index contributed by atoms with van der Waals surface area (Å²) < 4.78 is 0. The van der Waals surface area contributed by atoms with Crippen LogP contribution in [0.15, 0.2) is 24.3 Å². The molecule has 98 valence electrons. The molecule has 1 heterocycles. The second-order valence-electron chi connectivity index (χ2n) is 5.12. The van der Waals surface area contributed by atoms with Gasteiger partial charge in [-0.1, -0.05) is 12.1 Å². The average molecular weight is 248 g/mol. The SMILES string of the molecule is CN1CC[C@@H](N(C)Cc2ccc(C(=O)O)cc2)C1. The van der Waals surface area contributed by atoms with Gasteiger partial charge in [0.1, 0.15) is 0 Å². The molecule has 1 N–H and O–H groups in total. The Balaban J connectivity index is 1.94. The van der Waals surface area contributed by atoms with E-state index < -0.39 is 5.97 Å². The van der Waals surface area contributed by atoms with E-state index in [2.05, 4.69) is 23.9 Å². The Morgan fingerprint density at radius 1 is 1.44 bits per heavy atom. The van der Waals surface area contributed by atoms with Crippen LogP contribution < -0.4 is 0 Å². The maximum absolute atomic E-state index is 10.8. The first kappa shape index (κ1) is 13.1. The van der Waals surface area contributed by atoms with E-state index in [1.807, 2.05) is 12.1 Å². The van der Waals surface area contributed by atoms with Gasteiger partial charge in [0.25, 0.3) is 0 Å². The molecule has 2 rings (SSSR count). The normalized spacial score (nSPS) is 20.5. The van der Waals surface area contributed by atoms with Gasteiger partial charge in [0.05, 0.1) is 5.56 Å². The lowest BCUT2D eigenvalue weighted by Gasteiger charge is -2.24. The van der Waals surface area contributed by atoms with Crippen LogP contribution in [0.25, 0.3) is 0 Å². The van der Waals surface area contributed by atoms with Crippen molar-refractivity contribution < 1.29 is 9.90 Å². The number of hydrogen-bond acceptors (Lipinski definition) is 3. The highest BCUT2D eigenvalue weighted by atomic mass is 16.4. The fraction of sp³-hybridized carbons (Fsp3) is 0.500. The van der Waals surface area contributed by atoms with Crippen molar-refractivity contribution in [2.45, 2.75) is 19.0 Å². The lowest BCUT2D eigenvalue weighted by molar-refractivity contribution is 0.0697. The Kier molecular flexibility index (Phi) is 3.99. The summed E-state index contributed by atoms with van der Waals surface area (Å²) in [6.07, 6.45) is 1.21. The van der Waals surface area contributed by atoms with Gasteiger partial charge >= 0.3 is 5.97 Å². The molecule has 18 heavy (non-hydrogen) atoms. The van der Waals surface area contributed by atoms with Crippen LogP contribution in [0.2, 0.25) is 0 Å². The minimum absolute atomic E-state index is 0.349. The van der Waals surface area contributed by atoms with Gasteiger partial charge in [0.2, 0.25) is 0 Å². The van der Waals surface area contributed by atoms with E-state index in [0.717, 1.165) is 25.2 Å². The summed E-state index contributed by atoms with van der Waals surface area (Å²) in [5, 5.41) is 8.84. The van der Waals surface area contributed by atoms with Crippen LogP contribution in [0, 0.1) is 0 Å². The molecular formula is C14H20N2O2. The summed E-state index contributed by atoms with van der Waals surface area (Å²) in [5.41, 5.74) is 1.51. The fourth-order valence-corrected chi connectivity index (χ4v) is 2.44. The summed E-state index contributed by atoms with van der Waals surface area (Å²) >= 11 is 0. The molecule has 0 spiro atoms. The molecule has 0 saturated carbocycles. The monoisotopic (exact) mass is 248 g/mol. The molecule has 0 aliphatic carbocycles. The summed E-state index contributed by atoms with van der Waals surface area (Å²) in [6.45, 7) is 3.15. The van der Waals surface area contributed by atoms with Gasteiger partial charge in [0, 0.05) is 19.1 Å². The van der Waals surface area contributed by atoms with Crippen LogP contribution in [-0.2, 0) is 6.54 Å². The zero-order valence-electron chi connectivity index (χ0n) is 11.0. The minimum atomic E-state index is -0.868. The Labute approximate surface area is 108 Å². The number of carboxylic acids is 1. The van der Waals surface area contributed by atoms with E-state index in [-0.39, 0.29) is 0 Å². The third kappa shape index (κ3) is 3.09. The molecule has 1 aromatic carbocycles. The highest BCUT2D eigenvalue weighted by molar-refractivity contribution is 5.87. The molecule has 0 amide bonds. The standard InChI is InChI=1S/C14H20N2O2/c1-15-8-7-13(10-15)16(2)9-11-3-5-12(6-4-11)14(17)18/h3-6,13H,7-10H2,1-2H3,(H,17,18)/t13-/m1/s1. The van der Waals surface area contributed by atoms with Crippen molar-refractivity contribution in [1.82, 2.24) is 9.80 Å². The third-order valence-electron chi connectivity index (χ3n) is 3.62. The summed E-state index contributed by atoms with van der Waals surface area (Å²) in [7, 11) is 4.28. The van der Waals surface area contributed by atoms with Crippen molar-refractivity contribution in [2.24, 2.45) is 0 Å². The summed E-state index contributed by atoms with van der Waals surface area (Å²) in [4.78, 5) is 15.5. The van der Waals surface area contributed by atoms with Gasteiger partial charge in [-0.15, -0.1) is 0 Å². The Hall–Kier alpha value is -1.39. The van der Waals surface area contributed by atoms with Crippen molar-refractivity contribution in [3.05, 3.63) is 35.4 Å². The number of rotatable bonds is 4. The van der Waals surface area contributed by atoms with Crippen molar-refractivity contribution in [3.63, 3.8) is 0 Å². The molecule has 0 unspecified atom stereocenters. The van der Waals surface area contributed by atoms with E-state index >= 15 is 0 Å². The first-order valence-electron chi connectivity index (χ1n) is 6.27. The lowest BCUT2D eigenvalue weighted by Crippen LogP contribution is -2.33. The second kappa shape index (κ2) is 5.50. The van der Waals surface area contributed by atoms with Crippen LogP contribution in [0.4, 0.5) is 0 Å². The van der Waals surface area contributed by atoms with Gasteiger partial charge in [0.15, 0.2) is 0 Å². The number of likely N-dealkylation sites (N-methyl/N-ethyl adjacent to an activating group) is 2. The molecule has 1 atom stereocenters. The molecule has 1 aliphatic heterocycles. The second-order valence-corrected chi connectivity index (χ2v) is 5.12. The van der Waals surface area contributed by atoms with E-state index in [1.54, 1.807) is 12.1 Å². The molecule has 1 aliphatic rings. The zero-order chi connectivity index (χ0) is 13.1. The predicted octanol–water partition coefficient (Wildman–Crippen LogP) is 1.52. The number of carbonyl (C=O) groups is 1. The van der Waals surface area contributed by atoms with E-state index in [4.69, 9.17) is 5.11 Å². The predicted molar refractivity (Wildman–Crippen MR) is 70.8 cm³/mol. The lowest BCUT2D eigenvalue weighted by atomic mass is 10.1. The van der Waals surface area contributed by atoms with Crippen LogP contribution >= 0.6 is 0 Å². The third-order valence-corrected chi connectivity index (χ3v) is 3.62. The smallest absolute Gasteiger partial charge is 0.335 e. The van der Waals surface area contributed by atoms with Gasteiger partial charge in [-0.05, 0) is 44.8 Å². The highest BCUT2D eigenvalue weighted by Crippen LogP contribution is 2.15. The molecule has 0 bridgehead atoms. The Bertz CT molecular complexity index is 416. The average Bonchev–Trinajstić information content (AvgIpc) is 2.76. The van der Waals surface area contributed by atoms with Gasteiger partial charge in [-0.25, -0.2) is 4.79 Å². The van der Waals surface area contributed by atoms with Crippen molar-refractivity contribution in [3.8, 4) is 0 Å². The molecule has 4 nitrogen and oxygen atoms in total. The zero-order valence-corrected chi connectivity index (χ0v) is 11.0. The largest absolute Gasteiger partial charge is 0.478 e. The summed E-state index contributed by atoms with van der Waals surface area (Å²) in [6, 6.07) is 7.75. The van der Waals surface area contributed by atoms with Crippen LogP contribution in [-0.4, -0.2) is 54.1 Å². The Morgan fingerprint density at radius 3 is 2.61 bits per heavy atom. The van der Waals surface area contributed by atoms with Crippen molar-refractivity contribution in [2.75, 3.05) is 27.2 Å². The van der Waals surface area contributed by atoms with Crippen LogP contribution in [0.5, 0.6) is 0 Å². The molecule has 4 heteroatoms. The number of carboxylic acid groups (broad SMARTS) is 1. The van der Waals surface area contributed by atoms with Crippen LogP contribution in [0.1, 0.15) is 22.3 Å². The molecule has 1 fully saturated rings. The highest BCUT2D eigenvalue weighted by Gasteiger charge is 2.22. The number of nitrogens with zero attached hydrogens (tertiary/aromatic N) is 2. The molecule has 0 aromatic heterocycles. The molecule has 1 aromatic rings. The van der Waals surface area contributed by atoms with Gasteiger partial charge in [-0.2, -0.15) is 0 Å². The fourth-order valence-electron chi connectivity index (χ4n) is 2.44. The summed E-state index contributed by atoms with van der Waals surface area (Å²) in [5.74, 6) is -0.868. The first-order valence-corrected chi connectivity index (χ1v) is 6.27. The number of hydrogen-bond donors (Lipinski definition) is 1.